The van der Waals surface area contributed by atoms with Crippen LogP contribution in [-0.2, 0) is 9.53 Å². The van der Waals surface area contributed by atoms with E-state index in [0.717, 1.165) is 11.1 Å². The molecule has 1 aromatic carbocycles. The van der Waals surface area contributed by atoms with Crippen molar-refractivity contribution in [3.63, 3.8) is 0 Å². The number of hydrogen-bond donors (Lipinski definition) is 0. The summed E-state index contributed by atoms with van der Waals surface area (Å²) in [5.41, 5.74) is 3.04. The van der Waals surface area contributed by atoms with E-state index in [4.69, 9.17) is 4.74 Å². The topological polar surface area (TPSA) is 46.6 Å². The minimum atomic E-state index is -0.164. The van der Waals surface area contributed by atoms with Gasteiger partial charge in [-0.2, -0.15) is 0 Å². The summed E-state index contributed by atoms with van der Waals surface area (Å²) in [6.45, 7) is 5.28. The van der Waals surface area contributed by atoms with Crippen LogP contribution in [0.1, 0.15) is 34.3 Å². The molecule has 0 saturated carbocycles. The number of methoxy groups -OCH3 is 1. The van der Waals surface area contributed by atoms with Gasteiger partial charge >= 0.3 is 5.97 Å². The van der Waals surface area contributed by atoms with E-state index in [-0.39, 0.29) is 17.8 Å². The molecule has 1 amide bonds. The molecule has 0 aliphatic carbocycles. The number of carbonyl (C=O) groups is 2. The molecule has 0 spiro atoms. The summed E-state index contributed by atoms with van der Waals surface area (Å²) in [6.07, 6.45) is 1.37. The Labute approximate surface area is 119 Å². The maximum absolute atomic E-state index is 12.4. The number of benzene rings is 1. The van der Waals surface area contributed by atoms with Gasteiger partial charge in [0.15, 0.2) is 0 Å². The summed E-state index contributed by atoms with van der Waals surface area (Å²) in [5.74, 6) is -0.177. The predicted octanol–water partition coefficient (Wildman–Crippen LogP) is 2.33. The quantitative estimate of drug-likeness (QED) is 0.778. The first-order valence-corrected chi connectivity index (χ1v) is 6.97. The van der Waals surface area contributed by atoms with Crippen LogP contribution in [0.3, 0.4) is 0 Å². The van der Waals surface area contributed by atoms with E-state index >= 15 is 0 Å². The zero-order valence-corrected chi connectivity index (χ0v) is 12.3. The molecule has 0 atom stereocenters. The summed E-state index contributed by atoms with van der Waals surface area (Å²) in [6, 6.07) is 5.78. The summed E-state index contributed by atoms with van der Waals surface area (Å²) >= 11 is 0. The van der Waals surface area contributed by atoms with Gasteiger partial charge in [-0.05, 0) is 49.9 Å². The van der Waals surface area contributed by atoms with Gasteiger partial charge in [0.25, 0.3) is 5.91 Å². The molecule has 20 heavy (non-hydrogen) atoms. The third-order valence-electron chi connectivity index (χ3n) is 4.07. The lowest BCUT2D eigenvalue weighted by molar-refractivity contribution is -0.146. The molecule has 0 aromatic heterocycles. The van der Waals surface area contributed by atoms with Crippen LogP contribution in [0.15, 0.2) is 18.2 Å². The first-order valence-electron chi connectivity index (χ1n) is 6.97. The van der Waals surface area contributed by atoms with Crippen LogP contribution in [0.25, 0.3) is 0 Å². The molecule has 0 unspecified atom stereocenters. The highest BCUT2D eigenvalue weighted by atomic mass is 16.5. The maximum atomic E-state index is 12.4. The van der Waals surface area contributed by atoms with Crippen molar-refractivity contribution >= 4 is 11.9 Å². The van der Waals surface area contributed by atoms with Gasteiger partial charge in [0.2, 0.25) is 0 Å². The van der Waals surface area contributed by atoms with Gasteiger partial charge in [0.1, 0.15) is 0 Å². The third kappa shape index (κ3) is 3.00. The summed E-state index contributed by atoms with van der Waals surface area (Å²) in [4.78, 5) is 25.7. The van der Waals surface area contributed by atoms with Crippen molar-refractivity contribution in [2.24, 2.45) is 5.92 Å². The average Bonchev–Trinajstić information content (AvgIpc) is 2.48. The highest BCUT2D eigenvalue weighted by Gasteiger charge is 2.28. The van der Waals surface area contributed by atoms with E-state index in [2.05, 4.69) is 0 Å². The Morgan fingerprint density at radius 2 is 1.80 bits per heavy atom. The Kier molecular flexibility index (Phi) is 4.42. The number of nitrogens with zero attached hydrogens (tertiary/aromatic N) is 1. The second kappa shape index (κ2) is 6.07. The minimum Gasteiger partial charge on any atom is -0.469 e. The van der Waals surface area contributed by atoms with E-state index in [0.29, 0.717) is 25.9 Å². The fraction of sp³-hybridized carbons (Fsp3) is 0.500. The third-order valence-corrected chi connectivity index (χ3v) is 4.07. The molecule has 4 heteroatoms. The van der Waals surface area contributed by atoms with Crippen molar-refractivity contribution in [2.75, 3.05) is 20.2 Å². The maximum Gasteiger partial charge on any atom is 0.308 e. The Hall–Kier alpha value is -1.84. The van der Waals surface area contributed by atoms with Crippen LogP contribution in [0.4, 0.5) is 0 Å². The lowest BCUT2D eigenvalue weighted by Gasteiger charge is -2.30. The molecule has 4 nitrogen and oxygen atoms in total. The Bertz CT molecular complexity index is 516. The van der Waals surface area contributed by atoms with Crippen LogP contribution in [-0.4, -0.2) is 37.0 Å². The minimum absolute atomic E-state index is 0.0522. The fourth-order valence-electron chi connectivity index (χ4n) is 2.54. The number of ether oxygens (including phenoxy) is 1. The molecule has 1 aromatic rings. The number of hydrogen-bond acceptors (Lipinski definition) is 3. The highest BCUT2D eigenvalue weighted by molar-refractivity contribution is 5.94. The zero-order chi connectivity index (χ0) is 14.7. The number of carbonyl (C=O) groups excluding carboxylic acids is 2. The van der Waals surface area contributed by atoms with Crippen LogP contribution in [0, 0.1) is 19.8 Å². The number of rotatable bonds is 2. The van der Waals surface area contributed by atoms with Gasteiger partial charge in [-0.1, -0.05) is 6.07 Å². The van der Waals surface area contributed by atoms with Crippen LogP contribution < -0.4 is 0 Å². The Morgan fingerprint density at radius 1 is 1.15 bits per heavy atom. The van der Waals surface area contributed by atoms with Crippen LogP contribution in [0.5, 0.6) is 0 Å². The molecule has 1 saturated heterocycles. The van der Waals surface area contributed by atoms with E-state index < -0.39 is 0 Å². The second-order valence-corrected chi connectivity index (χ2v) is 5.39. The predicted molar refractivity (Wildman–Crippen MR) is 76.6 cm³/mol. The van der Waals surface area contributed by atoms with Crippen molar-refractivity contribution in [2.45, 2.75) is 26.7 Å². The highest BCUT2D eigenvalue weighted by Crippen LogP contribution is 2.21. The summed E-state index contributed by atoms with van der Waals surface area (Å²) < 4.78 is 4.76. The van der Waals surface area contributed by atoms with Gasteiger partial charge in [-0.3, -0.25) is 9.59 Å². The number of amides is 1. The zero-order valence-electron chi connectivity index (χ0n) is 12.3. The van der Waals surface area contributed by atoms with Crippen molar-refractivity contribution in [3.8, 4) is 0 Å². The summed E-state index contributed by atoms with van der Waals surface area (Å²) in [5, 5.41) is 0. The van der Waals surface area contributed by atoms with E-state index in [1.165, 1.54) is 12.7 Å². The van der Waals surface area contributed by atoms with E-state index in [1.807, 2.05) is 36.9 Å². The largest absolute Gasteiger partial charge is 0.469 e. The number of piperidine rings is 1. The van der Waals surface area contributed by atoms with Gasteiger partial charge in [-0.25, -0.2) is 0 Å². The first-order chi connectivity index (χ1) is 9.52. The molecular formula is C16H21NO3. The number of aryl methyl sites for hydroxylation is 2. The molecule has 1 aliphatic rings. The molecule has 0 N–H and O–H groups in total. The summed E-state index contributed by atoms with van der Waals surface area (Å²) in [7, 11) is 1.41. The molecular weight excluding hydrogens is 254 g/mol. The molecule has 2 rings (SSSR count). The van der Waals surface area contributed by atoms with Gasteiger partial charge in [0.05, 0.1) is 13.0 Å². The van der Waals surface area contributed by atoms with Gasteiger partial charge in [-0.15, -0.1) is 0 Å². The Balaban J connectivity index is 2.01. The van der Waals surface area contributed by atoms with Crippen molar-refractivity contribution < 1.29 is 14.3 Å². The van der Waals surface area contributed by atoms with Crippen molar-refractivity contribution in [1.82, 2.24) is 4.90 Å². The molecule has 1 aliphatic heterocycles. The normalized spacial score (nSPS) is 16.1. The monoisotopic (exact) mass is 275 g/mol. The SMILES string of the molecule is COC(=O)C1CCN(C(=O)c2ccc(C)c(C)c2)CC1. The standard InChI is InChI=1S/C16H21NO3/c1-11-4-5-14(10-12(11)2)15(18)17-8-6-13(7-9-17)16(19)20-3/h4-5,10,13H,6-9H2,1-3H3. The smallest absolute Gasteiger partial charge is 0.308 e. The van der Waals surface area contributed by atoms with Crippen LogP contribution >= 0.6 is 0 Å². The molecule has 1 fully saturated rings. The van der Waals surface area contributed by atoms with Crippen LogP contribution in [0.2, 0.25) is 0 Å². The van der Waals surface area contributed by atoms with Crippen molar-refractivity contribution in [3.05, 3.63) is 34.9 Å². The lowest BCUT2D eigenvalue weighted by atomic mass is 9.96. The van der Waals surface area contributed by atoms with E-state index in [9.17, 15) is 9.59 Å². The Morgan fingerprint density at radius 3 is 2.35 bits per heavy atom. The van der Waals surface area contributed by atoms with E-state index in [1.54, 1.807) is 0 Å². The lowest BCUT2D eigenvalue weighted by Crippen LogP contribution is -2.40. The first kappa shape index (κ1) is 14.6. The number of esters is 1. The number of likely N-dealkylation sites (tertiary alicyclic amines) is 1. The van der Waals surface area contributed by atoms with Crippen molar-refractivity contribution in [1.29, 1.82) is 0 Å². The fourth-order valence-corrected chi connectivity index (χ4v) is 2.54. The molecule has 0 radical (unpaired) electrons. The van der Waals surface area contributed by atoms with Gasteiger partial charge < -0.3 is 9.64 Å². The molecule has 1 heterocycles. The second-order valence-electron chi connectivity index (χ2n) is 5.39. The molecule has 0 bridgehead atoms. The average molecular weight is 275 g/mol. The molecule has 108 valence electrons. The van der Waals surface area contributed by atoms with Gasteiger partial charge in [0, 0.05) is 18.7 Å².